The number of carboxylic acid groups (broad SMARTS) is 1. The molecule has 0 heterocycles. The summed E-state index contributed by atoms with van der Waals surface area (Å²) in [6.45, 7) is 8.67. The van der Waals surface area contributed by atoms with E-state index in [-0.39, 0.29) is 0 Å². The summed E-state index contributed by atoms with van der Waals surface area (Å²) in [6, 6.07) is 0. The second-order valence-electron chi connectivity index (χ2n) is 6.72. The van der Waals surface area contributed by atoms with E-state index in [9.17, 15) is 4.79 Å². The van der Waals surface area contributed by atoms with E-state index in [1.165, 1.54) is 77.0 Å². The molecule has 0 fully saturated rings. The Labute approximate surface area is 146 Å². The minimum absolute atomic E-state index is 0.343. The highest BCUT2D eigenvalue weighted by Gasteiger charge is 2.02. The number of carbonyl (C=O) groups is 1. The number of carboxylic acids is 1. The average molecular weight is 329 g/mol. The number of hydrogen-bond donors (Lipinski definition) is 1. The van der Waals surface area contributed by atoms with Gasteiger partial charge in [-0.1, -0.05) is 111 Å². The van der Waals surface area contributed by atoms with E-state index >= 15 is 0 Å². The third-order valence-corrected chi connectivity index (χ3v) is 4.39. The Morgan fingerprint density at radius 2 is 1.13 bits per heavy atom. The predicted molar refractivity (Wildman–Crippen MR) is 103 cm³/mol. The molecule has 0 aliphatic heterocycles. The number of unbranched alkanes of at least 4 members (excludes halogenated alkanes) is 10. The first-order chi connectivity index (χ1) is 11.2. The Bertz CT molecular complexity index is 226. The van der Waals surface area contributed by atoms with E-state index in [0.29, 0.717) is 6.42 Å². The summed E-state index contributed by atoms with van der Waals surface area (Å²) in [7, 11) is 0. The van der Waals surface area contributed by atoms with Crippen molar-refractivity contribution in [3.05, 3.63) is 0 Å². The second-order valence-corrected chi connectivity index (χ2v) is 6.72. The Morgan fingerprint density at radius 3 is 1.57 bits per heavy atom. The molecule has 0 aliphatic carbocycles. The molecule has 0 saturated heterocycles. The van der Waals surface area contributed by atoms with Crippen molar-refractivity contribution in [1.82, 2.24) is 0 Å². The van der Waals surface area contributed by atoms with Gasteiger partial charge < -0.3 is 5.11 Å². The van der Waals surface area contributed by atoms with E-state index < -0.39 is 5.97 Å². The zero-order chi connectivity index (χ0) is 17.8. The molecule has 0 amide bonds. The summed E-state index contributed by atoms with van der Waals surface area (Å²) >= 11 is 0. The van der Waals surface area contributed by atoms with E-state index in [2.05, 4.69) is 13.8 Å². The van der Waals surface area contributed by atoms with Gasteiger partial charge in [-0.25, -0.2) is 0 Å². The maximum Gasteiger partial charge on any atom is 0.303 e. The van der Waals surface area contributed by atoms with Crippen LogP contribution in [0, 0.1) is 5.92 Å². The first kappa shape index (κ1) is 24.7. The van der Waals surface area contributed by atoms with Gasteiger partial charge in [-0.2, -0.15) is 0 Å². The quantitative estimate of drug-likeness (QED) is 0.296. The maximum absolute atomic E-state index is 10.4. The van der Waals surface area contributed by atoms with E-state index in [4.69, 9.17) is 5.11 Å². The Kier molecular flexibility index (Phi) is 23.1. The van der Waals surface area contributed by atoms with Crippen LogP contribution in [-0.2, 0) is 4.79 Å². The van der Waals surface area contributed by atoms with Gasteiger partial charge >= 0.3 is 5.97 Å². The van der Waals surface area contributed by atoms with Gasteiger partial charge in [0.05, 0.1) is 0 Å². The summed E-state index contributed by atoms with van der Waals surface area (Å²) in [4.78, 5) is 10.4. The van der Waals surface area contributed by atoms with Crippen molar-refractivity contribution < 1.29 is 9.90 Å². The van der Waals surface area contributed by atoms with Crippen molar-refractivity contribution >= 4 is 5.97 Å². The Balaban J connectivity index is 0. The summed E-state index contributed by atoms with van der Waals surface area (Å²) in [6.07, 6.45) is 18.7. The zero-order valence-corrected chi connectivity index (χ0v) is 16.5. The molecule has 23 heavy (non-hydrogen) atoms. The molecule has 0 spiro atoms. The molecule has 0 aromatic heterocycles. The third kappa shape index (κ3) is 23.9. The number of hydrogen-bond acceptors (Lipinski definition) is 1. The lowest BCUT2D eigenvalue weighted by atomic mass is 9.96. The molecule has 1 N–H and O–H groups in total. The highest BCUT2D eigenvalue weighted by molar-refractivity contribution is 5.66. The lowest BCUT2D eigenvalue weighted by Crippen LogP contribution is -1.95. The summed E-state index contributed by atoms with van der Waals surface area (Å²) in [5, 5.41) is 8.55. The van der Waals surface area contributed by atoms with Crippen molar-refractivity contribution in [2.24, 2.45) is 5.92 Å². The molecule has 0 aromatic carbocycles. The minimum atomic E-state index is -0.654. The molecule has 0 aliphatic rings. The molecule has 140 valence electrons. The first-order valence-corrected chi connectivity index (χ1v) is 10.4. The van der Waals surface area contributed by atoms with E-state index in [1.807, 2.05) is 13.8 Å². The van der Waals surface area contributed by atoms with Crippen LogP contribution in [0.5, 0.6) is 0 Å². The van der Waals surface area contributed by atoms with Crippen molar-refractivity contribution in [2.45, 2.75) is 124 Å². The van der Waals surface area contributed by atoms with Crippen molar-refractivity contribution in [3.63, 3.8) is 0 Å². The number of aliphatic carboxylic acids is 1. The largest absolute Gasteiger partial charge is 0.481 e. The predicted octanol–water partition coefficient (Wildman–Crippen LogP) is 7.60. The number of rotatable bonds is 16. The van der Waals surface area contributed by atoms with E-state index in [0.717, 1.165) is 18.8 Å². The van der Waals surface area contributed by atoms with Crippen LogP contribution in [0.2, 0.25) is 0 Å². The minimum Gasteiger partial charge on any atom is -0.481 e. The second kappa shape index (κ2) is 21.5. The third-order valence-electron chi connectivity index (χ3n) is 4.39. The monoisotopic (exact) mass is 328 g/mol. The van der Waals surface area contributed by atoms with Crippen molar-refractivity contribution in [3.8, 4) is 0 Å². The fourth-order valence-electron chi connectivity index (χ4n) is 2.89. The van der Waals surface area contributed by atoms with Crippen LogP contribution < -0.4 is 0 Å². The van der Waals surface area contributed by atoms with Crippen LogP contribution in [0.1, 0.15) is 124 Å². The normalized spacial score (nSPS) is 11.7. The maximum atomic E-state index is 10.4. The molecule has 0 aromatic rings. The van der Waals surface area contributed by atoms with Crippen molar-refractivity contribution in [1.29, 1.82) is 0 Å². The van der Waals surface area contributed by atoms with E-state index in [1.54, 1.807) is 0 Å². The van der Waals surface area contributed by atoms with Crippen LogP contribution in [-0.4, -0.2) is 11.1 Å². The molecule has 2 heteroatoms. The highest BCUT2D eigenvalue weighted by atomic mass is 16.4. The van der Waals surface area contributed by atoms with Gasteiger partial charge in [0.15, 0.2) is 0 Å². The zero-order valence-electron chi connectivity index (χ0n) is 16.5. The summed E-state index contributed by atoms with van der Waals surface area (Å²) < 4.78 is 0. The van der Waals surface area contributed by atoms with Gasteiger partial charge in [0.25, 0.3) is 0 Å². The first-order valence-electron chi connectivity index (χ1n) is 10.4. The Hall–Kier alpha value is -0.530. The lowest BCUT2D eigenvalue weighted by Gasteiger charge is -2.11. The average Bonchev–Trinajstić information content (AvgIpc) is 2.55. The fraction of sp³-hybridized carbons (Fsp3) is 0.952. The van der Waals surface area contributed by atoms with Gasteiger partial charge in [-0.15, -0.1) is 0 Å². The Morgan fingerprint density at radius 1 is 0.739 bits per heavy atom. The SMILES string of the molecule is CC.CCCCCCCCC(C)CCCCCCCCC(=O)O. The molecule has 0 rings (SSSR count). The van der Waals surface area contributed by atoms with Crippen LogP contribution >= 0.6 is 0 Å². The molecule has 1 unspecified atom stereocenters. The smallest absolute Gasteiger partial charge is 0.303 e. The molecule has 2 nitrogen and oxygen atoms in total. The topological polar surface area (TPSA) is 37.3 Å². The van der Waals surface area contributed by atoms with Crippen LogP contribution in [0.4, 0.5) is 0 Å². The van der Waals surface area contributed by atoms with Gasteiger partial charge in [0, 0.05) is 6.42 Å². The van der Waals surface area contributed by atoms with Crippen molar-refractivity contribution in [2.75, 3.05) is 0 Å². The summed E-state index contributed by atoms with van der Waals surface area (Å²) in [5.41, 5.74) is 0. The standard InChI is InChI=1S/C19H38O2.C2H6/c1-3-4-5-6-9-12-15-18(2)16-13-10-7-8-11-14-17-19(20)21;1-2/h18H,3-17H2,1-2H3,(H,20,21);1-2H3. The molecule has 0 radical (unpaired) electrons. The lowest BCUT2D eigenvalue weighted by molar-refractivity contribution is -0.137. The van der Waals surface area contributed by atoms with Gasteiger partial charge in [0.2, 0.25) is 0 Å². The van der Waals surface area contributed by atoms with Gasteiger partial charge in [-0.05, 0) is 12.3 Å². The molecule has 1 atom stereocenters. The van der Waals surface area contributed by atoms with Crippen LogP contribution in [0.25, 0.3) is 0 Å². The highest BCUT2D eigenvalue weighted by Crippen LogP contribution is 2.18. The molecule has 0 saturated carbocycles. The summed E-state index contributed by atoms with van der Waals surface area (Å²) in [5.74, 6) is 0.238. The fourth-order valence-corrected chi connectivity index (χ4v) is 2.89. The van der Waals surface area contributed by atoms with Gasteiger partial charge in [0.1, 0.15) is 0 Å². The van der Waals surface area contributed by atoms with Crippen LogP contribution in [0.3, 0.4) is 0 Å². The molecule has 0 bridgehead atoms. The van der Waals surface area contributed by atoms with Gasteiger partial charge in [-0.3, -0.25) is 4.79 Å². The molecular formula is C21H44O2. The van der Waals surface area contributed by atoms with Crippen LogP contribution in [0.15, 0.2) is 0 Å². The molecular weight excluding hydrogens is 284 g/mol.